The molecule has 0 aliphatic carbocycles. The Bertz CT molecular complexity index is 285. The van der Waals surface area contributed by atoms with Crippen LogP contribution in [0.25, 0.3) is 0 Å². The predicted molar refractivity (Wildman–Crippen MR) is 97.8 cm³/mol. The molecule has 0 aromatic heterocycles. The van der Waals surface area contributed by atoms with E-state index in [0.717, 1.165) is 31.6 Å². The van der Waals surface area contributed by atoms with Crippen LogP contribution in [0.2, 0.25) is 0 Å². The third-order valence-corrected chi connectivity index (χ3v) is 4.61. The molecule has 0 unspecified atom stereocenters. The van der Waals surface area contributed by atoms with Crippen molar-refractivity contribution < 1.29 is 19.1 Å². The van der Waals surface area contributed by atoms with Gasteiger partial charge in [0, 0.05) is 12.8 Å². The Morgan fingerprint density at radius 2 is 0.958 bits per heavy atom. The van der Waals surface area contributed by atoms with Crippen LogP contribution in [0.1, 0.15) is 96.8 Å². The fraction of sp³-hybridized carbons (Fsp3) is 0.900. The summed E-state index contributed by atoms with van der Waals surface area (Å²) in [6.45, 7) is 2.36. The largest absolute Gasteiger partial charge is 0.469 e. The van der Waals surface area contributed by atoms with Crippen molar-refractivity contribution in [1.82, 2.24) is 0 Å². The molecule has 0 heterocycles. The second-order valence-corrected chi connectivity index (χ2v) is 6.87. The van der Waals surface area contributed by atoms with Gasteiger partial charge in [0.2, 0.25) is 0 Å². The topological polar surface area (TPSA) is 52.6 Å². The van der Waals surface area contributed by atoms with E-state index in [4.69, 9.17) is 0 Å². The molecule has 0 saturated carbocycles. The van der Waals surface area contributed by atoms with Crippen molar-refractivity contribution in [3.63, 3.8) is 0 Å². The number of unbranched alkanes of at least 4 members (excludes halogenated alkanes) is 8. The summed E-state index contributed by atoms with van der Waals surface area (Å²) in [5.41, 5.74) is 0. The number of hydrogen-bond donors (Lipinski definition) is 0. The van der Waals surface area contributed by atoms with Gasteiger partial charge in [-0.15, -0.1) is 0 Å². The summed E-state index contributed by atoms with van der Waals surface area (Å²) in [5, 5.41) is 0. The zero-order chi connectivity index (χ0) is 18.0. The number of esters is 2. The zero-order valence-electron chi connectivity index (χ0n) is 16.1. The van der Waals surface area contributed by atoms with E-state index in [1.54, 1.807) is 0 Å². The molecule has 0 aliphatic heterocycles. The fourth-order valence-corrected chi connectivity index (χ4v) is 2.93. The molecule has 0 spiro atoms. The van der Waals surface area contributed by atoms with Gasteiger partial charge in [-0.2, -0.15) is 0 Å². The van der Waals surface area contributed by atoms with Crippen LogP contribution in [0.15, 0.2) is 0 Å². The minimum atomic E-state index is -0.0890. The first kappa shape index (κ1) is 22.9. The first-order valence-corrected chi connectivity index (χ1v) is 9.73. The number of carbonyl (C=O) groups excluding carboxylic acids is 2. The Labute approximate surface area is 148 Å². The normalized spacial score (nSPS) is 10.8. The van der Waals surface area contributed by atoms with Gasteiger partial charge in [0.05, 0.1) is 14.2 Å². The van der Waals surface area contributed by atoms with Crippen LogP contribution in [0, 0.1) is 5.92 Å². The highest BCUT2D eigenvalue weighted by molar-refractivity contribution is 5.69. The second-order valence-electron chi connectivity index (χ2n) is 6.87. The molecule has 0 radical (unpaired) electrons. The lowest BCUT2D eigenvalue weighted by atomic mass is 9.96. The van der Waals surface area contributed by atoms with Crippen molar-refractivity contribution in [1.29, 1.82) is 0 Å². The van der Waals surface area contributed by atoms with Gasteiger partial charge < -0.3 is 9.47 Å². The van der Waals surface area contributed by atoms with E-state index < -0.39 is 0 Å². The highest BCUT2D eigenvalue weighted by Gasteiger charge is 2.04. The van der Waals surface area contributed by atoms with Gasteiger partial charge in [-0.25, -0.2) is 0 Å². The van der Waals surface area contributed by atoms with E-state index in [1.165, 1.54) is 65.6 Å². The molecule has 24 heavy (non-hydrogen) atoms. The Morgan fingerprint density at radius 3 is 1.33 bits per heavy atom. The van der Waals surface area contributed by atoms with Gasteiger partial charge in [0.1, 0.15) is 0 Å². The molecule has 0 amide bonds. The lowest BCUT2D eigenvalue weighted by molar-refractivity contribution is -0.141. The quantitative estimate of drug-likeness (QED) is 0.277. The average Bonchev–Trinajstić information content (AvgIpc) is 2.59. The maximum absolute atomic E-state index is 11.0. The average molecular weight is 343 g/mol. The highest BCUT2D eigenvalue weighted by Crippen LogP contribution is 2.18. The summed E-state index contributed by atoms with van der Waals surface area (Å²) in [7, 11) is 2.90. The van der Waals surface area contributed by atoms with Crippen molar-refractivity contribution >= 4 is 11.9 Å². The van der Waals surface area contributed by atoms with Crippen molar-refractivity contribution in [2.75, 3.05) is 14.2 Å². The summed E-state index contributed by atoms with van der Waals surface area (Å²) in [6, 6.07) is 0. The summed E-state index contributed by atoms with van der Waals surface area (Å²) < 4.78 is 9.27. The number of rotatable bonds is 16. The van der Waals surface area contributed by atoms with Crippen LogP contribution in [-0.4, -0.2) is 26.2 Å². The fourth-order valence-electron chi connectivity index (χ4n) is 2.93. The van der Waals surface area contributed by atoms with Crippen LogP contribution in [0.5, 0.6) is 0 Å². The van der Waals surface area contributed by atoms with Gasteiger partial charge in [-0.1, -0.05) is 71.1 Å². The van der Waals surface area contributed by atoms with Crippen LogP contribution >= 0.6 is 0 Å². The van der Waals surface area contributed by atoms with Gasteiger partial charge in [0.25, 0.3) is 0 Å². The molecule has 0 saturated heterocycles. The number of hydrogen-bond acceptors (Lipinski definition) is 4. The molecule has 0 fully saturated rings. The van der Waals surface area contributed by atoms with E-state index in [1.807, 2.05) is 0 Å². The van der Waals surface area contributed by atoms with Gasteiger partial charge >= 0.3 is 11.9 Å². The molecule has 0 N–H and O–H groups in total. The Hall–Kier alpha value is -1.06. The van der Waals surface area contributed by atoms with Crippen molar-refractivity contribution in [2.45, 2.75) is 96.8 Å². The van der Waals surface area contributed by atoms with Gasteiger partial charge in [0.15, 0.2) is 0 Å². The molecular formula is C20H38O4. The van der Waals surface area contributed by atoms with E-state index >= 15 is 0 Å². The van der Waals surface area contributed by atoms with Crippen molar-refractivity contribution in [3.8, 4) is 0 Å². The van der Waals surface area contributed by atoms with Crippen LogP contribution in [-0.2, 0) is 19.1 Å². The molecule has 0 rings (SSSR count). The summed E-state index contributed by atoms with van der Waals surface area (Å²) in [6.07, 6.45) is 15.6. The van der Waals surface area contributed by atoms with Gasteiger partial charge in [-0.05, 0) is 18.8 Å². The van der Waals surface area contributed by atoms with Crippen molar-refractivity contribution in [3.05, 3.63) is 0 Å². The minimum absolute atomic E-state index is 0.0890. The first-order chi connectivity index (χ1) is 11.6. The van der Waals surface area contributed by atoms with Gasteiger partial charge in [-0.3, -0.25) is 9.59 Å². The molecule has 4 heteroatoms. The second kappa shape index (κ2) is 16.8. The van der Waals surface area contributed by atoms with Crippen LogP contribution < -0.4 is 0 Å². The molecule has 0 aromatic rings. The SMILES string of the molecule is COC(=O)CCCCCCCC(C)CCCCCCCC(=O)OC. The summed E-state index contributed by atoms with van der Waals surface area (Å²) >= 11 is 0. The minimum Gasteiger partial charge on any atom is -0.469 e. The van der Waals surface area contributed by atoms with Crippen molar-refractivity contribution in [2.24, 2.45) is 5.92 Å². The zero-order valence-corrected chi connectivity index (χ0v) is 16.1. The highest BCUT2D eigenvalue weighted by atomic mass is 16.5. The van der Waals surface area contributed by atoms with Crippen LogP contribution in [0.4, 0.5) is 0 Å². The molecule has 0 bridgehead atoms. The number of methoxy groups -OCH3 is 2. The Kier molecular flexibility index (Phi) is 16.0. The molecular weight excluding hydrogens is 304 g/mol. The Balaban J connectivity index is 3.25. The summed E-state index contributed by atoms with van der Waals surface area (Å²) in [4.78, 5) is 21.9. The monoisotopic (exact) mass is 342 g/mol. The smallest absolute Gasteiger partial charge is 0.305 e. The third kappa shape index (κ3) is 15.8. The maximum Gasteiger partial charge on any atom is 0.305 e. The molecule has 0 aromatic carbocycles. The molecule has 4 nitrogen and oxygen atoms in total. The van der Waals surface area contributed by atoms with E-state index in [9.17, 15) is 9.59 Å². The van der Waals surface area contributed by atoms with E-state index in [2.05, 4.69) is 16.4 Å². The molecule has 0 atom stereocenters. The maximum atomic E-state index is 11.0. The third-order valence-electron chi connectivity index (χ3n) is 4.61. The standard InChI is InChI=1S/C20H38O4/c1-18(14-10-6-4-8-12-16-19(21)23-2)15-11-7-5-9-13-17-20(22)24-3/h18H,4-17H2,1-3H3. The van der Waals surface area contributed by atoms with Crippen LogP contribution in [0.3, 0.4) is 0 Å². The Morgan fingerprint density at radius 1 is 0.625 bits per heavy atom. The summed E-state index contributed by atoms with van der Waals surface area (Å²) in [5.74, 6) is 0.637. The first-order valence-electron chi connectivity index (χ1n) is 9.73. The lowest BCUT2D eigenvalue weighted by Crippen LogP contribution is -1.99. The lowest BCUT2D eigenvalue weighted by Gasteiger charge is -2.11. The molecule has 142 valence electrons. The van der Waals surface area contributed by atoms with E-state index in [-0.39, 0.29) is 11.9 Å². The number of carbonyl (C=O) groups is 2. The van der Waals surface area contributed by atoms with E-state index in [0.29, 0.717) is 12.8 Å². The molecule has 0 aliphatic rings. The number of ether oxygens (including phenoxy) is 2. The predicted octanol–water partition coefficient (Wildman–Crippen LogP) is 5.43.